The third-order valence-corrected chi connectivity index (χ3v) is 3.59. The van der Waals surface area contributed by atoms with Gasteiger partial charge in [-0.25, -0.2) is 0 Å². The van der Waals surface area contributed by atoms with Crippen LogP contribution in [0.3, 0.4) is 0 Å². The lowest BCUT2D eigenvalue weighted by molar-refractivity contribution is 0.112. The van der Waals surface area contributed by atoms with E-state index in [1.54, 1.807) is 7.11 Å². The maximum atomic E-state index is 10.8. The molecule has 0 heterocycles. The van der Waals surface area contributed by atoms with Crippen LogP contribution in [-0.4, -0.2) is 32.6 Å². The number of anilines is 1. The molecule has 0 N–H and O–H groups in total. The fourth-order valence-corrected chi connectivity index (χ4v) is 2.49. The third-order valence-electron chi connectivity index (χ3n) is 3.59. The van der Waals surface area contributed by atoms with Crippen molar-refractivity contribution in [2.75, 3.05) is 25.2 Å². The summed E-state index contributed by atoms with van der Waals surface area (Å²) in [6.45, 7) is 8.08. The normalized spacial score (nSPS) is 10.8. The summed E-state index contributed by atoms with van der Waals surface area (Å²) in [4.78, 5) is 13.2. The number of aldehydes is 1. The van der Waals surface area contributed by atoms with E-state index < -0.39 is 0 Å². The van der Waals surface area contributed by atoms with Crippen molar-refractivity contribution >= 4 is 12.0 Å². The Morgan fingerprint density at radius 2 is 2.00 bits per heavy atom. The van der Waals surface area contributed by atoms with Gasteiger partial charge in [0.1, 0.15) is 6.29 Å². The number of hydrogen-bond acceptors (Lipinski definition) is 3. The summed E-state index contributed by atoms with van der Waals surface area (Å²) in [6.07, 6.45) is 3.11. The molecule has 0 aliphatic heterocycles. The lowest BCUT2D eigenvalue weighted by Crippen LogP contribution is -2.37. The molecule has 0 radical (unpaired) electrons. The second kappa shape index (κ2) is 7.95. The van der Waals surface area contributed by atoms with Crippen LogP contribution in [0.5, 0.6) is 0 Å². The Hall–Kier alpha value is -1.35. The van der Waals surface area contributed by atoms with E-state index >= 15 is 0 Å². The maximum absolute atomic E-state index is 10.8. The molecule has 0 aliphatic rings. The molecule has 3 heteroatoms. The van der Waals surface area contributed by atoms with E-state index in [0.717, 1.165) is 36.8 Å². The van der Waals surface area contributed by atoms with Crippen LogP contribution in [0.4, 0.5) is 5.69 Å². The van der Waals surface area contributed by atoms with E-state index in [1.807, 2.05) is 18.2 Å². The Kier molecular flexibility index (Phi) is 6.57. The van der Waals surface area contributed by atoms with Crippen molar-refractivity contribution in [3.05, 3.63) is 29.3 Å². The number of methoxy groups -OCH3 is 1. The molecule has 3 nitrogen and oxygen atoms in total. The van der Waals surface area contributed by atoms with Crippen LogP contribution in [0.25, 0.3) is 0 Å². The van der Waals surface area contributed by atoms with Crippen LogP contribution in [0.15, 0.2) is 18.2 Å². The minimum absolute atomic E-state index is 0.510. The number of ether oxygens (including phenoxy) is 1. The zero-order chi connectivity index (χ0) is 14.3. The fourth-order valence-electron chi connectivity index (χ4n) is 2.49. The molecule has 0 saturated heterocycles. The fraction of sp³-hybridized carbons (Fsp3) is 0.562. The monoisotopic (exact) mass is 263 g/mol. The van der Waals surface area contributed by atoms with Gasteiger partial charge in [0, 0.05) is 30.9 Å². The molecule has 106 valence electrons. The molecule has 1 aromatic rings. The molecule has 0 saturated carbocycles. The zero-order valence-corrected chi connectivity index (χ0v) is 12.5. The van der Waals surface area contributed by atoms with Crippen LogP contribution in [0.2, 0.25) is 0 Å². The topological polar surface area (TPSA) is 29.5 Å². The number of benzene rings is 1. The lowest BCUT2D eigenvalue weighted by Gasteiger charge is -2.33. The molecule has 0 fully saturated rings. The number of carbonyl (C=O) groups is 1. The Labute approximate surface area is 116 Å². The van der Waals surface area contributed by atoms with Crippen LogP contribution < -0.4 is 4.90 Å². The van der Waals surface area contributed by atoms with Gasteiger partial charge in [-0.1, -0.05) is 13.8 Å². The molecule has 1 rings (SSSR count). The first-order chi connectivity index (χ1) is 9.17. The van der Waals surface area contributed by atoms with Crippen molar-refractivity contribution < 1.29 is 9.53 Å². The summed E-state index contributed by atoms with van der Waals surface area (Å²) in [5.74, 6) is 0. The predicted octanol–water partition coefficient (Wildman–Crippen LogP) is 3.45. The van der Waals surface area contributed by atoms with Gasteiger partial charge in [-0.05, 0) is 43.5 Å². The third kappa shape index (κ3) is 4.06. The molecule has 0 unspecified atom stereocenters. The molecule has 0 aliphatic carbocycles. The highest BCUT2D eigenvalue weighted by atomic mass is 16.5. The maximum Gasteiger partial charge on any atom is 0.150 e. The van der Waals surface area contributed by atoms with Gasteiger partial charge in [-0.15, -0.1) is 0 Å². The summed E-state index contributed by atoms with van der Waals surface area (Å²) in [6, 6.07) is 6.39. The molecule has 0 spiro atoms. The smallest absolute Gasteiger partial charge is 0.150 e. The van der Waals surface area contributed by atoms with Gasteiger partial charge in [0.25, 0.3) is 0 Å². The zero-order valence-electron chi connectivity index (χ0n) is 12.5. The molecule has 19 heavy (non-hydrogen) atoms. The number of carbonyl (C=O) groups excluding carboxylic acids is 1. The van der Waals surface area contributed by atoms with E-state index in [0.29, 0.717) is 12.6 Å². The predicted molar refractivity (Wildman–Crippen MR) is 80.2 cm³/mol. The van der Waals surface area contributed by atoms with Crippen molar-refractivity contribution in [1.29, 1.82) is 0 Å². The van der Waals surface area contributed by atoms with Gasteiger partial charge >= 0.3 is 0 Å². The Morgan fingerprint density at radius 3 is 2.47 bits per heavy atom. The lowest BCUT2D eigenvalue weighted by atomic mass is 10.0. The van der Waals surface area contributed by atoms with Crippen molar-refractivity contribution in [3.63, 3.8) is 0 Å². The van der Waals surface area contributed by atoms with Gasteiger partial charge in [0.05, 0.1) is 6.61 Å². The Bertz CT molecular complexity index is 400. The van der Waals surface area contributed by atoms with Crippen LogP contribution in [0.1, 0.15) is 42.6 Å². The first kappa shape index (κ1) is 15.7. The summed E-state index contributed by atoms with van der Waals surface area (Å²) >= 11 is 0. The largest absolute Gasteiger partial charge is 0.383 e. The Morgan fingerprint density at radius 1 is 1.32 bits per heavy atom. The van der Waals surface area contributed by atoms with Crippen molar-refractivity contribution in [1.82, 2.24) is 0 Å². The van der Waals surface area contributed by atoms with Crippen LogP contribution >= 0.6 is 0 Å². The highest BCUT2D eigenvalue weighted by molar-refractivity contribution is 5.77. The highest BCUT2D eigenvalue weighted by Crippen LogP contribution is 2.25. The molecule has 0 atom stereocenters. The average molecular weight is 263 g/mol. The van der Waals surface area contributed by atoms with E-state index in [4.69, 9.17) is 4.74 Å². The van der Waals surface area contributed by atoms with Crippen LogP contribution in [0, 0.1) is 6.92 Å². The van der Waals surface area contributed by atoms with Gasteiger partial charge in [-0.2, -0.15) is 0 Å². The first-order valence-corrected chi connectivity index (χ1v) is 6.99. The van der Waals surface area contributed by atoms with Crippen molar-refractivity contribution in [2.24, 2.45) is 0 Å². The number of rotatable bonds is 8. The SMILES string of the molecule is CCC(CC)N(CCOC)c1ccc(C=O)cc1C. The van der Waals surface area contributed by atoms with Crippen molar-refractivity contribution in [3.8, 4) is 0 Å². The van der Waals surface area contributed by atoms with Crippen molar-refractivity contribution in [2.45, 2.75) is 39.7 Å². The molecule has 0 amide bonds. The summed E-state index contributed by atoms with van der Waals surface area (Å²) in [7, 11) is 1.73. The summed E-state index contributed by atoms with van der Waals surface area (Å²) in [5, 5.41) is 0. The molecular weight excluding hydrogens is 238 g/mol. The second-order valence-electron chi connectivity index (χ2n) is 4.82. The minimum atomic E-state index is 0.510. The molecule has 0 aromatic heterocycles. The number of nitrogens with zero attached hydrogens (tertiary/aromatic N) is 1. The van der Waals surface area contributed by atoms with Gasteiger partial charge < -0.3 is 9.64 Å². The highest BCUT2D eigenvalue weighted by Gasteiger charge is 2.17. The minimum Gasteiger partial charge on any atom is -0.383 e. The number of aryl methyl sites for hydroxylation is 1. The van der Waals surface area contributed by atoms with E-state index in [1.165, 1.54) is 5.69 Å². The van der Waals surface area contributed by atoms with E-state index in [9.17, 15) is 4.79 Å². The van der Waals surface area contributed by atoms with Gasteiger partial charge in [0.15, 0.2) is 0 Å². The Balaban J connectivity index is 3.05. The standard InChI is InChI=1S/C16H25NO2/c1-5-15(6-2)17(9-10-19-4)16-8-7-14(12-18)11-13(16)3/h7-8,11-12,15H,5-6,9-10H2,1-4H3. The van der Waals surface area contributed by atoms with Gasteiger partial charge in [-0.3, -0.25) is 4.79 Å². The summed E-state index contributed by atoms with van der Waals surface area (Å²) < 4.78 is 5.22. The van der Waals surface area contributed by atoms with E-state index in [2.05, 4.69) is 25.7 Å². The second-order valence-corrected chi connectivity index (χ2v) is 4.82. The quantitative estimate of drug-likeness (QED) is 0.673. The average Bonchev–Trinajstić information content (AvgIpc) is 2.44. The first-order valence-electron chi connectivity index (χ1n) is 6.99. The van der Waals surface area contributed by atoms with Gasteiger partial charge in [0.2, 0.25) is 0 Å². The number of hydrogen-bond donors (Lipinski definition) is 0. The molecular formula is C16H25NO2. The molecule has 1 aromatic carbocycles. The summed E-state index contributed by atoms with van der Waals surface area (Å²) in [5.41, 5.74) is 3.08. The van der Waals surface area contributed by atoms with Crippen LogP contribution in [-0.2, 0) is 4.74 Å². The molecule has 0 bridgehead atoms. The van der Waals surface area contributed by atoms with E-state index in [-0.39, 0.29) is 0 Å².